The topological polar surface area (TPSA) is 73.2 Å². The molecule has 1 unspecified atom stereocenters. The van der Waals surface area contributed by atoms with Gasteiger partial charge in [-0.1, -0.05) is 23.7 Å². The summed E-state index contributed by atoms with van der Waals surface area (Å²) >= 11 is 5.86. The quantitative estimate of drug-likeness (QED) is 0.828. The normalized spacial score (nSPS) is 12.0. The Kier molecular flexibility index (Phi) is 6.52. The predicted molar refractivity (Wildman–Crippen MR) is 92.5 cm³/mol. The highest BCUT2D eigenvalue weighted by atomic mass is 35.5. The number of nitrogens with zero attached hydrogens (tertiary/aromatic N) is 2. The van der Waals surface area contributed by atoms with Crippen molar-refractivity contribution in [1.82, 2.24) is 15.1 Å². The van der Waals surface area contributed by atoms with E-state index < -0.39 is 0 Å². The summed E-state index contributed by atoms with van der Waals surface area (Å²) in [5.41, 5.74) is 1.01. The Morgan fingerprint density at radius 3 is 2.67 bits per heavy atom. The zero-order valence-corrected chi connectivity index (χ0v) is 14.4. The van der Waals surface area contributed by atoms with Gasteiger partial charge in [0.15, 0.2) is 0 Å². The van der Waals surface area contributed by atoms with E-state index in [0.29, 0.717) is 24.6 Å². The van der Waals surface area contributed by atoms with E-state index in [1.807, 2.05) is 31.2 Å². The number of aromatic nitrogens is 2. The molecule has 0 bridgehead atoms. The van der Waals surface area contributed by atoms with E-state index in [2.05, 4.69) is 10.4 Å². The molecule has 24 heavy (non-hydrogen) atoms. The van der Waals surface area contributed by atoms with Crippen LogP contribution in [-0.2, 0) is 17.7 Å². The molecule has 128 valence electrons. The number of benzene rings is 1. The number of hydrogen-bond donors (Lipinski definition) is 1. The molecule has 1 aromatic heterocycles. The molecule has 1 heterocycles. The SMILES string of the molecule is COCCn1nc(C(=O)NC(C)Cc2ccc(Cl)cc2)ccc1=O. The summed E-state index contributed by atoms with van der Waals surface area (Å²) in [6.07, 6.45) is 0.673. The van der Waals surface area contributed by atoms with Gasteiger partial charge >= 0.3 is 0 Å². The second-order valence-corrected chi connectivity index (χ2v) is 5.91. The van der Waals surface area contributed by atoms with Gasteiger partial charge in [-0.05, 0) is 37.1 Å². The molecule has 2 rings (SSSR count). The molecule has 0 aliphatic rings. The molecule has 0 saturated carbocycles. The van der Waals surface area contributed by atoms with Gasteiger partial charge in [-0.15, -0.1) is 0 Å². The zero-order chi connectivity index (χ0) is 17.5. The van der Waals surface area contributed by atoms with Gasteiger partial charge in [0, 0.05) is 24.2 Å². The lowest BCUT2D eigenvalue weighted by Crippen LogP contribution is -2.36. The van der Waals surface area contributed by atoms with Crippen molar-refractivity contribution < 1.29 is 9.53 Å². The number of methoxy groups -OCH3 is 1. The fourth-order valence-corrected chi connectivity index (χ4v) is 2.36. The van der Waals surface area contributed by atoms with Crippen LogP contribution in [0.3, 0.4) is 0 Å². The smallest absolute Gasteiger partial charge is 0.271 e. The van der Waals surface area contributed by atoms with Crippen molar-refractivity contribution in [3.05, 3.63) is 63.0 Å². The molecule has 0 fully saturated rings. The Balaban J connectivity index is 2.00. The summed E-state index contributed by atoms with van der Waals surface area (Å²) in [5, 5.41) is 7.64. The first kappa shape index (κ1) is 18.2. The monoisotopic (exact) mass is 349 g/mol. The lowest BCUT2D eigenvalue weighted by atomic mass is 10.1. The maximum atomic E-state index is 12.3. The van der Waals surface area contributed by atoms with Gasteiger partial charge in [-0.2, -0.15) is 5.10 Å². The first-order chi connectivity index (χ1) is 11.5. The van der Waals surface area contributed by atoms with Crippen molar-refractivity contribution in [1.29, 1.82) is 0 Å². The molecule has 1 atom stereocenters. The summed E-state index contributed by atoms with van der Waals surface area (Å²) in [6, 6.07) is 10.2. The van der Waals surface area contributed by atoms with Crippen molar-refractivity contribution in [3.63, 3.8) is 0 Å². The predicted octanol–water partition coefficient (Wildman–Crippen LogP) is 1.90. The average molecular weight is 350 g/mol. The van der Waals surface area contributed by atoms with Crippen LogP contribution >= 0.6 is 11.6 Å². The van der Waals surface area contributed by atoms with E-state index >= 15 is 0 Å². The maximum absolute atomic E-state index is 12.3. The van der Waals surface area contributed by atoms with Gasteiger partial charge in [-0.3, -0.25) is 9.59 Å². The number of carbonyl (C=O) groups is 1. The van der Waals surface area contributed by atoms with Crippen LogP contribution in [0.25, 0.3) is 0 Å². The van der Waals surface area contributed by atoms with Crippen LogP contribution in [0.2, 0.25) is 5.02 Å². The van der Waals surface area contributed by atoms with E-state index in [4.69, 9.17) is 16.3 Å². The van der Waals surface area contributed by atoms with Crippen LogP contribution in [0.15, 0.2) is 41.2 Å². The fourth-order valence-electron chi connectivity index (χ4n) is 2.23. The van der Waals surface area contributed by atoms with Crippen LogP contribution in [0.1, 0.15) is 23.0 Å². The van der Waals surface area contributed by atoms with E-state index in [0.717, 1.165) is 5.56 Å². The molecule has 6 nitrogen and oxygen atoms in total. The van der Waals surface area contributed by atoms with Crippen molar-refractivity contribution in [2.45, 2.75) is 25.9 Å². The van der Waals surface area contributed by atoms with Gasteiger partial charge in [0.2, 0.25) is 0 Å². The highest BCUT2D eigenvalue weighted by molar-refractivity contribution is 6.30. The Morgan fingerprint density at radius 2 is 2.00 bits per heavy atom. The lowest BCUT2D eigenvalue weighted by Gasteiger charge is -2.14. The molecule has 1 N–H and O–H groups in total. The summed E-state index contributed by atoms with van der Waals surface area (Å²) in [7, 11) is 1.54. The maximum Gasteiger partial charge on any atom is 0.271 e. The third-order valence-corrected chi connectivity index (χ3v) is 3.69. The van der Waals surface area contributed by atoms with Gasteiger partial charge in [0.1, 0.15) is 5.69 Å². The summed E-state index contributed by atoms with van der Waals surface area (Å²) in [6.45, 7) is 2.56. The largest absolute Gasteiger partial charge is 0.383 e. The van der Waals surface area contributed by atoms with E-state index in [1.165, 1.54) is 16.8 Å². The first-order valence-electron chi connectivity index (χ1n) is 7.62. The van der Waals surface area contributed by atoms with E-state index in [1.54, 1.807) is 7.11 Å². The third kappa shape index (κ3) is 5.18. The van der Waals surface area contributed by atoms with Crippen LogP contribution < -0.4 is 10.9 Å². The molecule has 0 saturated heterocycles. The average Bonchev–Trinajstić information content (AvgIpc) is 2.56. The third-order valence-electron chi connectivity index (χ3n) is 3.44. The number of halogens is 1. The molecular formula is C17H20ClN3O3. The molecule has 1 aromatic carbocycles. The van der Waals surface area contributed by atoms with E-state index in [9.17, 15) is 9.59 Å². The van der Waals surface area contributed by atoms with E-state index in [-0.39, 0.29) is 23.2 Å². The van der Waals surface area contributed by atoms with Crippen LogP contribution in [0, 0.1) is 0 Å². The summed E-state index contributed by atoms with van der Waals surface area (Å²) < 4.78 is 6.16. The Morgan fingerprint density at radius 1 is 1.29 bits per heavy atom. The number of rotatable bonds is 7. The second-order valence-electron chi connectivity index (χ2n) is 5.48. The summed E-state index contributed by atoms with van der Waals surface area (Å²) in [4.78, 5) is 24.0. The highest BCUT2D eigenvalue weighted by Gasteiger charge is 2.13. The van der Waals surface area contributed by atoms with Crippen LogP contribution in [0.4, 0.5) is 0 Å². The van der Waals surface area contributed by atoms with Crippen molar-refractivity contribution >= 4 is 17.5 Å². The van der Waals surface area contributed by atoms with Gasteiger partial charge in [0.25, 0.3) is 11.5 Å². The standard InChI is InChI=1S/C17H20ClN3O3/c1-12(11-13-3-5-14(18)6-4-13)19-17(23)15-7-8-16(22)21(20-15)9-10-24-2/h3-8,12H,9-11H2,1-2H3,(H,19,23). The lowest BCUT2D eigenvalue weighted by molar-refractivity contribution is 0.0931. The van der Waals surface area contributed by atoms with Crippen LogP contribution in [0.5, 0.6) is 0 Å². The Labute approximate surface area is 145 Å². The van der Waals surface area contributed by atoms with Gasteiger partial charge < -0.3 is 10.1 Å². The Bertz CT molecular complexity index is 743. The van der Waals surface area contributed by atoms with Gasteiger partial charge in [-0.25, -0.2) is 4.68 Å². The van der Waals surface area contributed by atoms with Gasteiger partial charge in [0.05, 0.1) is 13.2 Å². The minimum atomic E-state index is -0.317. The zero-order valence-electron chi connectivity index (χ0n) is 13.7. The number of nitrogens with one attached hydrogen (secondary N) is 1. The van der Waals surface area contributed by atoms with Crippen LogP contribution in [-0.4, -0.2) is 35.4 Å². The summed E-state index contributed by atoms with van der Waals surface area (Å²) in [5.74, 6) is -0.317. The number of hydrogen-bond acceptors (Lipinski definition) is 4. The van der Waals surface area contributed by atoms with Crippen molar-refractivity contribution in [2.24, 2.45) is 0 Å². The number of carbonyl (C=O) groups excluding carboxylic acids is 1. The minimum Gasteiger partial charge on any atom is -0.383 e. The molecule has 0 aliphatic carbocycles. The number of amides is 1. The molecule has 7 heteroatoms. The Hall–Kier alpha value is -2.18. The fraction of sp³-hybridized carbons (Fsp3) is 0.353. The molecule has 2 aromatic rings. The number of ether oxygens (including phenoxy) is 1. The van der Waals surface area contributed by atoms with Crippen molar-refractivity contribution in [3.8, 4) is 0 Å². The molecule has 1 amide bonds. The molecule has 0 spiro atoms. The molecule has 0 aliphatic heterocycles. The first-order valence-corrected chi connectivity index (χ1v) is 8.00. The molecule has 0 radical (unpaired) electrons. The highest BCUT2D eigenvalue weighted by Crippen LogP contribution is 2.11. The van der Waals surface area contributed by atoms with Crippen molar-refractivity contribution in [2.75, 3.05) is 13.7 Å². The molecular weight excluding hydrogens is 330 g/mol. The second kappa shape index (κ2) is 8.61. The minimum absolute atomic E-state index is 0.0835.